The molecule has 4 nitrogen and oxygen atoms in total. The summed E-state index contributed by atoms with van der Waals surface area (Å²) in [4.78, 5) is 26.1. The molecule has 0 fully saturated rings. The summed E-state index contributed by atoms with van der Waals surface area (Å²) in [6.07, 6.45) is -0.0557. The first-order valence-corrected chi connectivity index (χ1v) is 6.27. The van der Waals surface area contributed by atoms with Crippen LogP contribution in [0.3, 0.4) is 0 Å². The molecule has 94 valence electrons. The number of hydrogen-bond donors (Lipinski definition) is 1. The normalized spacial score (nSPS) is 12.2. The van der Waals surface area contributed by atoms with Crippen LogP contribution in [0.15, 0.2) is 12.1 Å². The summed E-state index contributed by atoms with van der Waals surface area (Å²) >= 11 is 1.66. The van der Waals surface area contributed by atoms with Gasteiger partial charge in [0.15, 0.2) is 0 Å². The number of amides is 1. The molecule has 0 saturated heterocycles. The van der Waals surface area contributed by atoms with Crippen molar-refractivity contribution < 1.29 is 14.7 Å². The van der Waals surface area contributed by atoms with Gasteiger partial charge in [0.05, 0.1) is 12.5 Å². The molecule has 5 heteroatoms. The van der Waals surface area contributed by atoms with E-state index in [2.05, 4.69) is 0 Å². The van der Waals surface area contributed by atoms with Gasteiger partial charge < -0.3 is 10.0 Å². The summed E-state index contributed by atoms with van der Waals surface area (Å²) < 4.78 is 0. The molecule has 0 aliphatic heterocycles. The van der Waals surface area contributed by atoms with Crippen molar-refractivity contribution in [3.05, 3.63) is 21.9 Å². The predicted molar refractivity (Wildman–Crippen MR) is 67.1 cm³/mol. The number of aryl methyl sites for hydroxylation is 1. The van der Waals surface area contributed by atoms with Crippen LogP contribution in [0, 0.1) is 6.92 Å². The third kappa shape index (κ3) is 3.85. The number of carbonyl (C=O) groups excluding carboxylic acids is 1. The molecule has 1 atom stereocenters. The molecule has 1 aromatic rings. The van der Waals surface area contributed by atoms with E-state index in [0.29, 0.717) is 0 Å². The highest BCUT2D eigenvalue weighted by Crippen LogP contribution is 2.26. The molecule has 1 N–H and O–H groups in total. The average molecular weight is 255 g/mol. The van der Waals surface area contributed by atoms with Gasteiger partial charge in [0.2, 0.25) is 5.91 Å². The lowest BCUT2D eigenvalue weighted by atomic mass is 10.2. The second kappa shape index (κ2) is 5.82. The van der Waals surface area contributed by atoms with E-state index >= 15 is 0 Å². The molecule has 1 amide bonds. The number of rotatable bonds is 5. The maximum Gasteiger partial charge on any atom is 0.303 e. The van der Waals surface area contributed by atoms with Gasteiger partial charge in [-0.3, -0.25) is 9.59 Å². The molecule has 0 radical (unpaired) electrons. The summed E-state index contributed by atoms with van der Waals surface area (Å²) in [6.45, 7) is 3.97. The van der Waals surface area contributed by atoms with Gasteiger partial charge in [-0.1, -0.05) is 0 Å². The quantitative estimate of drug-likeness (QED) is 0.879. The van der Waals surface area contributed by atoms with Gasteiger partial charge in [-0.2, -0.15) is 0 Å². The number of thiophene rings is 1. The van der Waals surface area contributed by atoms with Crippen LogP contribution < -0.4 is 0 Å². The summed E-state index contributed by atoms with van der Waals surface area (Å²) in [5, 5.41) is 8.53. The molecular formula is C12H17NO3S. The number of carbonyl (C=O) groups is 2. The third-order valence-corrected chi connectivity index (χ3v) is 3.87. The summed E-state index contributed by atoms with van der Waals surface area (Å²) in [5.74, 6) is -1.07. The molecule has 0 aromatic carbocycles. The maximum absolute atomic E-state index is 11.7. The van der Waals surface area contributed by atoms with E-state index in [0.717, 1.165) is 4.88 Å². The number of aliphatic carboxylic acids is 1. The summed E-state index contributed by atoms with van der Waals surface area (Å²) in [6, 6.07) is 4.02. The molecule has 1 heterocycles. The first-order chi connectivity index (χ1) is 7.91. The Morgan fingerprint density at radius 3 is 2.53 bits per heavy atom. The van der Waals surface area contributed by atoms with Crippen molar-refractivity contribution in [2.24, 2.45) is 0 Å². The zero-order chi connectivity index (χ0) is 13.0. The Morgan fingerprint density at radius 1 is 1.41 bits per heavy atom. The second-order valence-electron chi connectivity index (χ2n) is 4.02. The monoisotopic (exact) mass is 255 g/mol. The zero-order valence-corrected chi connectivity index (χ0v) is 11.1. The fourth-order valence-electron chi connectivity index (χ4n) is 1.48. The molecule has 1 unspecified atom stereocenters. The SMILES string of the molecule is Cc1ccc(C(C)N(C)C(=O)CCC(=O)O)s1. The van der Waals surface area contributed by atoms with Gasteiger partial charge >= 0.3 is 5.97 Å². The van der Waals surface area contributed by atoms with E-state index in [1.54, 1.807) is 23.3 Å². The molecule has 0 bridgehead atoms. The van der Waals surface area contributed by atoms with Crippen LogP contribution >= 0.6 is 11.3 Å². The fraction of sp³-hybridized carbons (Fsp3) is 0.500. The van der Waals surface area contributed by atoms with Crippen LogP contribution in [-0.2, 0) is 9.59 Å². The van der Waals surface area contributed by atoms with Crippen molar-refractivity contribution in [2.75, 3.05) is 7.05 Å². The smallest absolute Gasteiger partial charge is 0.303 e. The number of nitrogens with zero attached hydrogens (tertiary/aromatic N) is 1. The Labute approximate surface area is 105 Å². The highest BCUT2D eigenvalue weighted by Gasteiger charge is 2.18. The van der Waals surface area contributed by atoms with E-state index in [1.165, 1.54) is 4.88 Å². The highest BCUT2D eigenvalue weighted by molar-refractivity contribution is 7.12. The van der Waals surface area contributed by atoms with Gasteiger partial charge in [0.25, 0.3) is 0 Å². The third-order valence-electron chi connectivity index (χ3n) is 2.70. The van der Waals surface area contributed by atoms with Crippen LogP contribution in [0.25, 0.3) is 0 Å². The number of hydrogen-bond acceptors (Lipinski definition) is 3. The summed E-state index contributed by atoms with van der Waals surface area (Å²) in [7, 11) is 1.71. The first kappa shape index (κ1) is 13.7. The van der Waals surface area contributed by atoms with E-state index in [9.17, 15) is 9.59 Å². The van der Waals surface area contributed by atoms with Crippen LogP contribution in [0.5, 0.6) is 0 Å². The fourth-order valence-corrected chi connectivity index (χ4v) is 2.45. The predicted octanol–water partition coefficient (Wildman–Crippen LogP) is 2.44. The molecule has 0 saturated carbocycles. The van der Waals surface area contributed by atoms with E-state index in [-0.39, 0.29) is 24.8 Å². The maximum atomic E-state index is 11.7. The molecule has 0 aliphatic carbocycles. The van der Waals surface area contributed by atoms with Crippen molar-refractivity contribution in [1.82, 2.24) is 4.90 Å². The van der Waals surface area contributed by atoms with E-state index in [1.807, 2.05) is 26.0 Å². The Bertz CT molecular complexity index is 414. The molecule has 0 aliphatic rings. The van der Waals surface area contributed by atoms with Crippen molar-refractivity contribution in [1.29, 1.82) is 0 Å². The topological polar surface area (TPSA) is 57.6 Å². The minimum atomic E-state index is -0.939. The van der Waals surface area contributed by atoms with Gasteiger partial charge in [0.1, 0.15) is 0 Å². The first-order valence-electron chi connectivity index (χ1n) is 5.45. The molecule has 1 aromatic heterocycles. The van der Waals surface area contributed by atoms with E-state index < -0.39 is 5.97 Å². The van der Waals surface area contributed by atoms with Crippen molar-refractivity contribution in [3.63, 3.8) is 0 Å². The molecule has 1 rings (SSSR count). The summed E-state index contributed by atoms with van der Waals surface area (Å²) in [5.41, 5.74) is 0. The Kier molecular flexibility index (Phi) is 4.69. The number of carboxylic acids is 1. The van der Waals surface area contributed by atoms with Gasteiger partial charge in [0, 0.05) is 23.2 Å². The lowest BCUT2D eigenvalue weighted by molar-refractivity contribution is -0.141. The van der Waals surface area contributed by atoms with Crippen LogP contribution in [0.1, 0.15) is 35.6 Å². The van der Waals surface area contributed by atoms with Crippen molar-refractivity contribution in [3.8, 4) is 0 Å². The zero-order valence-electron chi connectivity index (χ0n) is 10.3. The van der Waals surface area contributed by atoms with Crippen LogP contribution in [0.4, 0.5) is 0 Å². The van der Waals surface area contributed by atoms with Crippen LogP contribution in [0.2, 0.25) is 0 Å². The minimum absolute atomic E-state index is 0.00463. The second-order valence-corrected chi connectivity index (χ2v) is 5.34. The lowest BCUT2D eigenvalue weighted by Crippen LogP contribution is -2.29. The van der Waals surface area contributed by atoms with Gasteiger partial charge in [-0.15, -0.1) is 11.3 Å². The van der Waals surface area contributed by atoms with Crippen molar-refractivity contribution >= 4 is 23.2 Å². The Morgan fingerprint density at radius 2 is 2.06 bits per heavy atom. The highest BCUT2D eigenvalue weighted by atomic mass is 32.1. The van der Waals surface area contributed by atoms with Gasteiger partial charge in [-0.05, 0) is 26.0 Å². The van der Waals surface area contributed by atoms with Gasteiger partial charge in [-0.25, -0.2) is 0 Å². The largest absolute Gasteiger partial charge is 0.481 e. The molecular weight excluding hydrogens is 238 g/mol. The lowest BCUT2D eigenvalue weighted by Gasteiger charge is -2.23. The molecule has 0 spiro atoms. The standard InChI is InChI=1S/C12H17NO3S/c1-8-4-5-10(17-8)9(2)13(3)11(14)6-7-12(15)16/h4-5,9H,6-7H2,1-3H3,(H,15,16). The number of carboxylic acid groups (broad SMARTS) is 1. The van der Waals surface area contributed by atoms with Crippen molar-refractivity contribution in [2.45, 2.75) is 32.7 Å². The van der Waals surface area contributed by atoms with E-state index in [4.69, 9.17) is 5.11 Å². The Balaban J connectivity index is 2.60. The average Bonchev–Trinajstić information content (AvgIpc) is 2.70. The van der Waals surface area contributed by atoms with Crippen LogP contribution in [-0.4, -0.2) is 28.9 Å². The molecule has 17 heavy (non-hydrogen) atoms. The Hall–Kier alpha value is -1.36. The minimum Gasteiger partial charge on any atom is -0.481 e.